The first-order chi connectivity index (χ1) is 6.79. The van der Waals surface area contributed by atoms with E-state index in [9.17, 15) is 4.79 Å². The molecular formula is C12H15O2. The molecule has 0 heterocycles. The van der Waals surface area contributed by atoms with Gasteiger partial charge in [0.15, 0.2) is 0 Å². The Morgan fingerprint density at radius 1 is 1.43 bits per heavy atom. The monoisotopic (exact) mass is 191 g/mol. The van der Waals surface area contributed by atoms with E-state index in [4.69, 9.17) is 4.74 Å². The zero-order chi connectivity index (χ0) is 10.4. The Morgan fingerprint density at radius 3 is 2.79 bits per heavy atom. The predicted molar refractivity (Wildman–Crippen MR) is 56.1 cm³/mol. The van der Waals surface area contributed by atoms with Crippen molar-refractivity contribution in [3.63, 3.8) is 0 Å². The lowest BCUT2D eigenvalue weighted by Crippen LogP contribution is -2.07. The van der Waals surface area contributed by atoms with Gasteiger partial charge in [0.2, 0.25) is 0 Å². The largest absolute Gasteiger partial charge is 0.462 e. The highest BCUT2D eigenvalue weighted by molar-refractivity contribution is 5.91. The number of ether oxygens (including phenoxy) is 1. The van der Waals surface area contributed by atoms with Gasteiger partial charge in [-0.25, -0.2) is 4.79 Å². The van der Waals surface area contributed by atoms with E-state index < -0.39 is 0 Å². The highest BCUT2D eigenvalue weighted by Crippen LogP contribution is 2.12. The van der Waals surface area contributed by atoms with Crippen LogP contribution in [0.2, 0.25) is 0 Å². The molecule has 75 valence electrons. The lowest BCUT2D eigenvalue weighted by molar-refractivity contribution is 0.0525. The first kappa shape index (κ1) is 10.8. The number of carbonyl (C=O) groups is 1. The molecule has 0 aliphatic rings. The summed E-state index contributed by atoms with van der Waals surface area (Å²) < 4.78 is 4.96. The Balaban J connectivity index is 2.88. The number of benzene rings is 1. The van der Waals surface area contributed by atoms with Crippen molar-refractivity contribution >= 4 is 5.97 Å². The number of hydrogen-bond donors (Lipinski definition) is 0. The van der Waals surface area contributed by atoms with Crippen LogP contribution in [0.3, 0.4) is 0 Å². The van der Waals surface area contributed by atoms with Crippen LogP contribution in [0.1, 0.15) is 29.3 Å². The maximum Gasteiger partial charge on any atom is 0.338 e. The van der Waals surface area contributed by atoms with E-state index in [-0.39, 0.29) is 5.97 Å². The van der Waals surface area contributed by atoms with Crippen LogP contribution < -0.4 is 0 Å². The van der Waals surface area contributed by atoms with Gasteiger partial charge in [-0.2, -0.15) is 0 Å². The highest BCUT2D eigenvalue weighted by atomic mass is 16.5. The molecule has 2 nitrogen and oxygen atoms in total. The molecule has 0 bridgehead atoms. The molecule has 0 aliphatic heterocycles. The maximum atomic E-state index is 11.5. The third-order valence-corrected chi connectivity index (χ3v) is 1.96. The summed E-state index contributed by atoms with van der Waals surface area (Å²) in [7, 11) is 0. The standard InChI is InChI=1S/C12H15O2/c1-3-7-10-8-5-6-9-11(10)12(13)14-4-2/h5-6,8-9H,1,3-4,7H2,2H3. The summed E-state index contributed by atoms with van der Waals surface area (Å²) in [5, 5.41) is 0. The van der Waals surface area contributed by atoms with Gasteiger partial charge in [-0.15, -0.1) is 0 Å². The van der Waals surface area contributed by atoms with Crippen LogP contribution in [0.25, 0.3) is 0 Å². The molecule has 1 radical (unpaired) electrons. The van der Waals surface area contributed by atoms with Crippen LogP contribution in [0.15, 0.2) is 24.3 Å². The number of aryl methyl sites for hydroxylation is 1. The molecule has 0 unspecified atom stereocenters. The van der Waals surface area contributed by atoms with Crippen molar-refractivity contribution in [3.05, 3.63) is 42.3 Å². The normalized spacial score (nSPS) is 9.86. The zero-order valence-corrected chi connectivity index (χ0v) is 8.45. The second-order valence-electron chi connectivity index (χ2n) is 2.98. The Labute approximate surface area is 84.9 Å². The van der Waals surface area contributed by atoms with Crippen LogP contribution in [-0.4, -0.2) is 12.6 Å². The summed E-state index contributed by atoms with van der Waals surface area (Å²) in [4.78, 5) is 11.5. The fourth-order valence-electron chi connectivity index (χ4n) is 1.34. The van der Waals surface area contributed by atoms with Crippen molar-refractivity contribution in [1.82, 2.24) is 0 Å². The van der Waals surface area contributed by atoms with Crippen molar-refractivity contribution in [1.29, 1.82) is 0 Å². The maximum absolute atomic E-state index is 11.5. The van der Waals surface area contributed by atoms with Gasteiger partial charge in [0.05, 0.1) is 12.2 Å². The van der Waals surface area contributed by atoms with E-state index in [0.717, 1.165) is 18.4 Å². The van der Waals surface area contributed by atoms with Gasteiger partial charge in [0.25, 0.3) is 0 Å². The molecule has 0 aromatic heterocycles. The van der Waals surface area contributed by atoms with Crippen LogP contribution in [0, 0.1) is 6.92 Å². The SMILES string of the molecule is [CH2]CCc1ccccc1C(=O)OCC. The molecule has 0 saturated carbocycles. The van der Waals surface area contributed by atoms with Gasteiger partial charge in [0.1, 0.15) is 0 Å². The fourth-order valence-corrected chi connectivity index (χ4v) is 1.34. The smallest absolute Gasteiger partial charge is 0.338 e. The van der Waals surface area contributed by atoms with Crippen LogP contribution in [-0.2, 0) is 11.2 Å². The Hall–Kier alpha value is -1.31. The van der Waals surface area contributed by atoms with Crippen molar-refractivity contribution < 1.29 is 9.53 Å². The fraction of sp³-hybridized carbons (Fsp3) is 0.333. The van der Waals surface area contributed by atoms with Crippen LogP contribution >= 0.6 is 0 Å². The third-order valence-electron chi connectivity index (χ3n) is 1.96. The summed E-state index contributed by atoms with van der Waals surface area (Å²) in [6.07, 6.45) is 1.60. The van der Waals surface area contributed by atoms with Crippen molar-refractivity contribution in [3.8, 4) is 0 Å². The van der Waals surface area contributed by atoms with E-state index in [1.807, 2.05) is 25.1 Å². The van der Waals surface area contributed by atoms with E-state index in [1.165, 1.54) is 0 Å². The van der Waals surface area contributed by atoms with Gasteiger partial charge in [-0.05, 0) is 31.4 Å². The minimum atomic E-state index is -0.239. The first-order valence-electron chi connectivity index (χ1n) is 4.83. The molecule has 2 heteroatoms. The van der Waals surface area contributed by atoms with Crippen LogP contribution in [0.5, 0.6) is 0 Å². The van der Waals surface area contributed by atoms with E-state index in [0.29, 0.717) is 12.2 Å². The summed E-state index contributed by atoms with van der Waals surface area (Å²) in [6, 6.07) is 7.51. The predicted octanol–water partition coefficient (Wildman–Crippen LogP) is 2.63. The van der Waals surface area contributed by atoms with Gasteiger partial charge < -0.3 is 4.74 Å². The highest BCUT2D eigenvalue weighted by Gasteiger charge is 2.10. The minimum Gasteiger partial charge on any atom is -0.462 e. The molecular weight excluding hydrogens is 176 g/mol. The van der Waals surface area contributed by atoms with Crippen LogP contribution in [0.4, 0.5) is 0 Å². The third kappa shape index (κ3) is 2.59. The lowest BCUT2D eigenvalue weighted by Gasteiger charge is -2.06. The zero-order valence-electron chi connectivity index (χ0n) is 8.45. The second-order valence-corrected chi connectivity index (χ2v) is 2.98. The molecule has 0 spiro atoms. The average molecular weight is 191 g/mol. The van der Waals surface area contributed by atoms with Gasteiger partial charge in [-0.1, -0.05) is 25.1 Å². The molecule has 0 N–H and O–H groups in total. The molecule has 14 heavy (non-hydrogen) atoms. The minimum absolute atomic E-state index is 0.239. The molecule has 1 aromatic carbocycles. The molecule has 0 fully saturated rings. The van der Waals surface area contributed by atoms with Gasteiger partial charge in [-0.3, -0.25) is 0 Å². The molecule has 0 saturated heterocycles. The Morgan fingerprint density at radius 2 is 2.14 bits per heavy atom. The topological polar surface area (TPSA) is 26.3 Å². The first-order valence-corrected chi connectivity index (χ1v) is 4.83. The van der Waals surface area contributed by atoms with Gasteiger partial charge in [0, 0.05) is 0 Å². The summed E-state index contributed by atoms with van der Waals surface area (Å²) in [6.45, 7) is 6.00. The number of esters is 1. The van der Waals surface area contributed by atoms with E-state index in [1.54, 1.807) is 6.07 Å². The summed E-state index contributed by atoms with van der Waals surface area (Å²) >= 11 is 0. The average Bonchev–Trinajstić information content (AvgIpc) is 2.19. The molecule has 0 atom stereocenters. The summed E-state index contributed by atoms with van der Waals surface area (Å²) in [5.74, 6) is -0.239. The molecule has 0 aliphatic carbocycles. The lowest BCUT2D eigenvalue weighted by atomic mass is 10.0. The summed E-state index contributed by atoms with van der Waals surface area (Å²) in [5.41, 5.74) is 1.68. The quantitative estimate of drug-likeness (QED) is 0.684. The molecule has 1 rings (SSSR count). The van der Waals surface area contributed by atoms with Gasteiger partial charge >= 0.3 is 5.97 Å². The Bertz CT molecular complexity index is 305. The van der Waals surface area contributed by atoms with E-state index in [2.05, 4.69) is 6.92 Å². The van der Waals surface area contributed by atoms with Crippen molar-refractivity contribution in [2.75, 3.05) is 6.61 Å². The molecule has 0 amide bonds. The molecule has 1 aromatic rings. The second kappa shape index (κ2) is 5.43. The number of carbonyl (C=O) groups excluding carboxylic acids is 1. The van der Waals surface area contributed by atoms with Crippen molar-refractivity contribution in [2.45, 2.75) is 19.8 Å². The number of hydrogen-bond acceptors (Lipinski definition) is 2. The van der Waals surface area contributed by atoms with E-state index >= 15 is 0 Å². The number of rotatable bonds is 4. The Kier molecular flexibility index (Phi) is 4.17. The van der Waals surface area contributed by atoms with Crippen molar-refractivity contribution in [2.24, 2.45) is 0 Å².